The Bertz CT molecular complexity index is 1180. The van der Waals surface area contributed by atoms with Crippen LogP contribution in [0.2, 0.25) is 0 Å². The van der Waals surface area contributed by atoms with E-state index in [0.717, 1.165) is 33.0 Å². The molecule has 3 aromatic carbocycles. The Morgan fingerprint density at radius 1 is 1.00 bits per heavy atom. The summed E-state index contributed by atoms with van der Waals surface area (Å²) in [6, 6.07) is 21.4. The maximum Gasteiger partial charge on any atom is 0.294 e. The molecular formula is C23H18N2O4S. The zero-order valence-corrected chi connectivity index (χ0v) is 16.7. The number of benzene rings is 3. The molecule has 0 unspecified atom stereocenters. The molecule has 0 spiro atoms. The number of nitrogens with zero attached hydrogens (tertiary/aromatic N) is 1. The molecule has 2 N–H and O–H groups in total. The lowest BCUT2D eigenvalue weighted by Gasteiger charge is -2.12. The quantitative estimate of drug-likeness (QED) is 0.613. The minimum Gasteiger partial charge on any atom is -0.488 e. The number of primary amides is 1. The molecule has 150 valence electrons. The summed E-state index contributed by atoms with van der Waals surface area (Å²) in [5.74, 6) is -0.683. The monoisotopic (exact) mass is 418 g/mol. The van der Waals surface area contributed by atoms with Crippen molar-refractivity contribution in [2.24, 2.45) is 5.73 Å². The minimum absolute atomic E-state index is 0.225. The van der Waals surface area contributed by atoms with Gasteiger partial charge in [-0.05, 0) is 40.2 Å². The van der Waals surface area contributed by atoms with Crippen LogP contribution in [0.25, 0.3) is 16.8 Å². The van der Waals surface area contributed by atoms with E-state index in [1.165, 1.54) is 0 Å². The number of carbonyl (C=O) groups is 3. The van der Waals surface area contributed by atoms with Crippen LogP contribution in [0.3, 0.4) is 0 Å². The van der Waals surface area contributed by atoms with Crippen LogP contribution in [0, 0.1) is 0 Å². The van der Waals surface area contributed by atoms with E-state index in [9.17, 15) is 14.4 Å². The largest absolute Gasteiger partial charge is 0.488 e. The van der Waals surface area contributed by atoms with Gasteiger partial charge in [-0.2, -0.15) is 0 Å². The first-order valence-electron chi connectivity index (χ1n) is 9.25. The fourth-order valence-corrected chi connectivity index (χ4v) is 4.07. The predicted molar refractivity (Wildman–Crippen MR) is 117 cm³/mol. The lowest BCUT2D eigenvalue weighted by molar-refractivity contribution is -0.127. The number of carbonyl (C=O) groups excluding carboxylic acids is 3. The number of nitrogens with two attached hydrogens (primary N) is 1. The maximum atomic E-state index is 12.5. The average molecular weight is 418 g/mol. The fraction of sp³-hybridized carbons (Fsp3) is 0.0870. The van der Waals surface area contributed by atoms with Gasteiger partial charge >= 0.3 is 0 Å². The van der Waals surface area contributed by atoms with Gasteiger partial charge in [0.2, 0.25) is 5.91 Å². The van der Waals surface area contributed by atoms with Crippen molar-refractivity contribution >= 4 is 45.7 Å². The second kappa shape index (κ2) is 8.42. The third-order valence-corrected chi connectivity index (χ3v) is 5.56. The van der Waals surface area contributed by atoms with Crippen LogP contribution >= 0.6 is 11.8 Å². The molecule has 1 saturated heterocycles. The Hall–Kier alpha value is -3.58. The van der Waals surface area contributed by atoms with Crippen LogP contribution in [0.5, 0.6) is 5.75 Å². The van der Waals surface area contributed by atoms with Crippen molar-refractivity contribution in [2.75, 3.05) is 6.54 Å². The van der Waals surface area contributed by atoms with Crippen LogP contribution in [0.15, 0.2) is 71.6 Å². The average Bonchev–Trinajstić information content (AvgIpc) is 3.00. The van der Waals surface area contributed by atoms with Gasteiger partial charge in [-0.1, -0.05) is 60.7 Å². The molecule has 0 aliphatic carbocycles. The summed E-state index contributed by atoms with van der Waals surface area (Å²) in [4.78, 5) is 36.7. The van der Waals surface area contributed by atoms with Gasteiger partial charge < -0.3 is 10.5 Å². The van der Waals surface area contributed by atoms with Gasteiger partial charge in [0.05, 0.1) is 4.91 Å². The lowest BCUT2D eigenvalue weighted by atomic mass is 10.1. The zero-order valence-electron chi connectivity index (χ0n) is 15.9. The smallest absolute Gasteiger partial charge is 0.294 e. The first-order valence-corrected chi connectivity index (χ1v) is 10.1. The van der Waals surface area contributed by atoms with Crippen molar-refractivity contribution in [3.63, 3.8) is 0 Å². The molecule has 3 amide bonds. The molecule has 1 fully saturated rings. The van der Waals surface area contributed by atoms with E-state index in [0.29, 0.717) is 17.9 Å². The van der Waals surface area contributed by atoms with E-state index in [-0.39, 0.29) is 4.91 Å². The van der Waals surface area contributed by atoms with E-state index < -0.39 is 23.6 Å². The molecule has 0 saturated carbocycles. The summed E-state index contributed by atoms with van der Waals surface area (Å²) >= 11 is 0.779. The van der Waals surface area contributed by atoms with Gasteiger partial charge in [0.15, 0.2) is 0 Å². The molecule has 7 heteroatoms. The summed E-state index contributed by atoms with van der Waals surface area (Å²) in [5, 5.41) is 1.74. The van der Waals surface area contributed by atoms with Crippen molar-refractivity contribution in [1.29, 1.82) is 0 Å². The summed E-state index contributed by atoms with van der Waals surface area (Å²) in [6.07, 6.45) is 1.60. The van der Waals surface area contributed by atoms with E-state index >= 15 is 0 Å². The van der Waals surface area contributed by atoms with Gasteiger partial charge in [0.25, 0.3) is 11.1 Å². The van der Waals surface area contributed by atoms with E-state index in [2.05, 4.69) is 18.2 Å². The molecule has 1 aliphatic heterocycles. The summed E-state index contributed by atoms with van der Waals surface area (Å²) < 4.78 is 6.06. The standard InChI is InChI=1S/C23H18N2O4S/c24-21(26)13-25-22(27)20(30-23(25)28)12-16-7-2-4-11-19(16)29-14-17-9-5-8-15-6-1-3-10-18(15)17/h1-12H,13-14H2,(H2,24,26)/b20-12-. The highest BCUT2D eigenvalue weighted by Crippen LogP contribution is 2.34. The third-order valence-electron chi connectivity index (χ3n) is 4.66. The number of ether oxygens (including phenoxy) is 1. The Kier molecular flexibility index (Phi) is 5.54. The van der Waals surface area contributed by atoms with Crippen LogP contribution in [0.1, 0.15) is 11.1 Å². The van der Waals surface area contributed by atoms with Crippen LogP contribution in [-0.2, 0) is 16.2 Å². The van der Waals surface area contributed by atoms with E-state index in [1.807, 2.05) is 42.5 Å². The Labute approximate surface area is 177 Å². The molecule has 1 heterocycles. The van der Waals surface area contributed by atoms with Crippen molar-refractivity contribution in [3.8, 4) is 5.75 Å². The van der Waals surface area contributed by atoms with Crippen molar-refractivity contribution in [2.45, 2.75) is 6.61 Å². The van der Waals surface area contributed by atoms with Crippen molar-refractivity contribution < 1.29 is 19.1 Å². The molecule has 0 radical (unpaired) electrons. The second-order valence-electron chi connectivity index (χ2n) is 6.70. The fourth-order valence-electron chi connectivity index (χ4n) is 3.24. The Balaban J connectivity index is 1.57. The highest BCUT2D eigenvalue weighted by atomic mass is 32.2. The van der Waals surface area contributed by atoms with Gasteiger partial charge in [0.1, 0.15) is 18.9 Å². The van der Waals surface area contributed by atoms with E-state index in [1.54, 1.807) is 12.1 Å². The van der Waals surface area contributed by atoms with Crippen LogP contribution < -0.4 is 10.5 Å². The van der Waals surface area contributed by atoms with Gasteiger partial charge in [-0.3, -0.25) is 19.3 Å². The number of rotatable bonds is 6. The molecule has 0 aromatic heterocycles. The number of imide groups is 1. The summed E-state index contributed by atoms with van der Waals surface area (Å²) in [6.45, 7) is -0.0728. The Morgan fingerprint density at radius 2 is 1.73 bits per heavy atom. The number of thioether (sulfide) groups is 1. The maximum absolute atomic E-state index is 12.5. The van der Waals surface area contributed by atoms with Crippen molar-refractivity contribution in [3.05, 3.63) is 82.8 Å². The first kappa shape index (κ1) is 19.7. The first-order chi connectivity index (χ1) is 14.5. The topological polar surface area (TPSA) is 89.7 Å². The Morgan fingerprint density at radius 3 is 2.57 bits per heavy atom. The molecule has 3 aromatic rings. The second-order valence-corrected chi connectivity index (χ2v) is 7.69. The van der Waals surface area contributed by atoms with E-state index in [4.69, 9.17) is 10.5 Å². The number of hydrogen-bond donors (Lipinski definition) is 1. The van der Waals surface area contributed by atoms with Crippen molar-refractivity contribution in [1.82, 2.24) is 4.90 Å². The molecule has 1 aliphatic rings. The number of hydrogen-bond acceptors (Lipinski definition) is 5. The summed E-state index contributed by atoms with van der Waals surface area (Å²) in [7, 11) is 0. The molecular weight excluding hydrogens is 400 g/mol. The molecule has 4 rings (SSSR count). The van der Waals surface area contributed by atoms with Crippen LogP contribution in [-0.4, -0.2) is 28.5 Å². The SMILES string of the molecule is NC(=O)CN1C(=O)S/C(=C\c2ccccc2OCc2cccc3ccccc23)C1=O. The van der Waals surface area contributed by atoms with Crippen LogP contribution in [0.4, 0.5) is 4.79 Å². The van der Waals surface area contributed by atoms with Gasteiger partial charge in [0, 0.05) is 5.56 Å². The molecule has 0 bridgehead atoms. The highest BCUT2D eigenvalue weighted by Gasteiger charge is 2.36. The lowest BCUT2D eigenvalue weighted by Crippen LogP contribution is -2.36. The minimum atomic E-state index is -0.739. The summed E-state index contributed by atoms with van der Waals surface area (Å²) in [5.41, 5.74) is 6.83. The number of fused-ring (bicyclic) bond motifs is 1. The molecule has 6 nitrogen and oxygen atoms in total. The predicted octanol–water partition coefficient (Wildman–Crippen LogP) is 3.94. The van der Waals surface area contributed by atoms with Gasteiger partial charge in [-0.25, -0.2) is 0 Å². The normalized spacial score (nSPS) is 15.2. The third kappa shape index (κ3) is 4.06. The van der Waals surface area contributed by atoms with Gasteiger partial charge in [-0.15, -0.1) is 0 Å². The number of para-hydroxylation sites is 1. The highest BCUT2D eigenvalue weighted by molar-refractivity contribution is 8.18. The zero-order chi connectivity index (χ0) is 21.1. The molecule has 30 heavy (non-hydrogen) atoms. The number of amides is 3. The molecule has 0 atom stereocenters.